The summed E-state index contributed by atoms with van der Waals surface area (Å²) in [6, 6.07) is 11.2. The van der Waals surface area contributed by atoms with Crippen LogP contribution in [-0.4, -0.2) is 65.1 Å². The first kappa shape index (κ1) is 28.3. The molecule has 5 heterocycles. The number of carbonyl (C=O) groups is 1. The Morgan fingerprint density at radius 1 is 1.16 bits per heavy atom. The van der Waals surface area contributed by atoms with Gasteiger partial charge in [-0.05, 0) is 45.0 Å². The third-order valence-electron chi connectivity index (χ3n) is 6.87. The van der Waals surface area contributed by atoms with Gasteiger partial charge < -0.3 is 19.7 Å². The number of ether oxygens (including phenoxy) is 2. The minimum Gasteiger partial charge on any atom is -0.474 e. The molecule has 1 aromatic carbocycles. The highest BCUT2D eigenvalue weighted by molar-refractivity contribution is 7.16. The van der Waals surface area contributed by atoms with E-state index in [1.54, 1.807) is 44.6 Å². The largest absolute Gasteiger partial charge is 0.474 e. The van der Waals surface area contributed by atoms with Crippen LogP contribution in [0.15, 0.2) is 65.6 Å². The number of rotatable bonds is 7. The van der Waals surface area contributed by atoms with Crippen LogP contribution in [0.25, 0.3) is 27.1 Å². The number of thiazole rings is 1. The zero-order valence-electron chi connectivity index (χ0n) is 24.2. The van der Waals surface area contributed by atoms with E-state index in [9.17, 15) is 9.59 Å². The quantitative estimate of drug-likeness (QED) is 0.248. The van der Waals surface area contributed by atoms with E-state index >= 15 is 0 Å². The Bertz CT molecular complexity index is 1860. The smallest absolute Gasteiger partial charge is 0.410 e. The molecular weight excluding hydrogens is 568 g/mol. The van der Waals surface area contributed by atoms with Crippen LogP contribution in [0, 0.1) is 0 Å². The average molecular weight is 601 g/mol. The van der Waals surface area contributed by atoms with E-state index in [0.29, 0.717) is 54.6 Å². The molecule has 6 rings (SSSR count). The highest BCUT2D eigenvalue weighted by atomic mass is 32.1. The Balaban J connectivity index is 1.26. The third kappa shape index (κ3) is 6.07. The minimum atomic E-state index is -0.540. The predicted molar refractivity (Wildman–Crippen MR) is 165 cm³/mol. The lowest BCUT2D eigenvalue weighted by molar-refractivity contribution is 0.0123. The molecule has 0 unspecified atom stereocenters. The first-order valence-electron chi connectivity index (χ1n) is 14.0. The number of carbonyl (C=O) groups excluding carboxylic acids is 1. The number of hydrogen-bond acceptors (Lipinski definition) is 10. The van der Waals surface area contributed by atoms with Gasteiger partial charge in [0.15, 0.2) is 11.5 Å². The molecule has 5 aromatic rings. The summed E-state index contributed by atoms with van der Waals surface area (Å²) in [5, 5.41) is 3.57. The van der Waals surface area contributed by atoms with Crippen molar-refractivity contribution in [2.75, 3.05) is 18.4 Å². The number of aromatic nitrogens is 6. The number of nitrogens with one attached hydrogen (secondary N) is 1. The summed E-state index contributed by atoms with van der Waals surface area (Å²) in [6.45, 7) is 10.7. The lowest BCUT2D eigenvalue weighted by atomic mass is 10.1. The molecule has 4 aromatic heterocycles. The van der Waals surface area contributed by atoms with Gasteiger partial charge in [-0.25, -0.2) is 24.1 Å². The van der Waals surface area contributed by atoms with Gasteiger partial charge in [-0.15, -0.1) is 17.9 Å². The van der Waals surface area contributed by atoms with Crippen LogP contribution in [0.2, 0.25) is 0 Å². The maximum atomic E-state index is 13.4. The number of allylic oxidation sites excluding steroid dienone is 1. The zero-order chi connectivity index (χ0) is 30.1. The second kappa shape index (κ2) is 11.5. The van der Waals surface area contributed by atoms with Crippen LogP contribution < -0.4 is 15.6 Å². The standard InChI is InChI=1S/C30H32N8O4S/c1-5-13-37-27(39)21-17-31-28(33-19-9-10-23-22(16-19)32-18-43-23)35-26(21)38(37)24-7-6-8-25(34-24)41-20-11-14-36(15-12-20)29(40)42-30(2,3)4/h5-10,16-18,20H,1,11-15H2,2-4H3,(H,31,33,35). The van der Waals surface area contributed by atoms with Crippen LogP contribution in [0.5, 0.6) is 5.88 Å². The van der Waals surface area contributed by atoms with E-state index in [2.05, 4.69) is 21.9 Å². The van der Waals surface area contributed by atoms with Crippen molar-refractivity contribution in [3.63, 3.8) is 0 Å². The molecule has 0 saturated carbocycles. The van der Waals surface area contributed by atoms with Crippen molar-refractivity contribution in [1.29, 1.82) is 0 Å². The zero-order valence-corrected chi connectivity index (χ0v) is 25.0. The van der Waals surface area contributed by atoms with Crippen molar-refractivity contribution in [3.05, 3.63) is 71.1 Å². The second-order valence-corrected chi connectivity index (χ2v) is 12.1. The Hall–Kier alpha value is -4.78. The summed E-state index contributed by atoms with van der Waals surface area (Å²) < 4.78 is 16.0. The van der Waals surface area contributed by atoms with Crippen LogP contribution in [-0.2, 0) is 11.3 Å². The summed E-state index contributed by atoms with van der Waals surface area (Å²) in [7, 11) is 0. The van der Waals surface area contributed by atoms with Gasteiger partial charge in [0.25, 0.3) is 5.56 Å². The average Bonchev–Trinajstić information content (AvgIpc) is 3.55. The second-order valence-electron chi connectivity index (χ2n) is 11.2. The Morgan fingerprint density at radius 3 is 2.74 bits per heavy atom. The first-order chi connectivity index (χ1) is 20.7. The van der Waals surface area contributed by atoms with Gasteiger partial charge in [-0.3, -0.25) is 4.79 Å². The number of likely N-dealkylation sites (tertiary alicyclic amines) is 1. The number of nitrogens with zero attached hydrogens (tertiary/aromatic N) is 7. The van der Waals surface area contributed by atoms with Gasteiger partial charge in [-0.1, -0.05) is 12.1 Å². The van der Waals surface area contributed by atoms with Crippen LogP contribution in [0.1, 0.15) is 33.6 Å². The molecule has 1 saturated heterocycles. The van der Waals surface area contributed by atoms with Gasteiger partial charge in [0.05, 0.1) is 22.3 Å². The van der Waals surface area contributed by atoms with E-state index in [4.69, 9.17) is 19.4 Å². The Kier molecular flexibility index (Phi) is 7.57. The molecule has 1 aliphatic heterocycles. The first-order valence-corrected chi connectivity index (χ1v) is 14.9. The molecule has 1 amide bonds. The van der Waals surface area contributed by atoms with Crippen molar-refractivity contribution in [2.45, 2.75) is 51.9 Å². The highest BCUT2D eigenvalue weighted by Crippen LogP contribution is 2.25. The number of hydrogen-bond donors (Lipinski definition) is 1. The molecule has 222 valence electrons. The van der Waals surface area contributed by atoms with Crippen molar-refractivity contribution < 1.29 is 14.3 Å². The predicted octanol–water partition coefficient (Wildman–Crippen LogP) is 5.29. The summed E-state index contributed by atoms with van der Waals surface area (Å²) in [6.07, 6.45) is 4.02. The van der Waals surface area contributed by atoms with E-state index in [-0.39, 0.29) is 24.3 Å². The van der Waals surface area contributed by atoms with E-state index in [1.165, 1.54) is 10.9 Å². The number of pyridine rings is 1. The van der Waals surface area contributed by atoms with Crippen molar-refractivity contribution in [1.82, 2.24) is 34.2 Å². The van der Waals surface area contributed by atoms with Gasteiger partial charge >= 0.3 is 6.09 Å². The van der Waals surface area contributed by atoms with Gasteiger partial charge in [-0.2, -0.15) is 9.97 Å². The van der Waals surface area contributed by atoms with E-state index in [1.807, 2.05) is 45.0 Å². The fourth-order valence-electron chi connectivity index (χ4n) is 4.91. The molecule has 0 radical (unpaired) electrons. The lowest BCUT2D eigenvalue weighted by Crippen LogP contribution is -2.44. The maximum Gasteiger partial charge on any atom is 0.410 e. The highest BCUT2D eigenvalue weighted by Gasteiger charge is 2.28. The Morgan fingerprint density at radius 2 is 1.98 bits per heavy atom. The van der Waals surface area contributed by atoms with Gasteiger partial charge in [0.2, 0.25) is 11.8 Å². The summed E-state index contributed by atoms with van der Waals surface area (Å²) in [4.78, 5) is 45.7. The Labute approximate surface area is 251 Å². The van der Waals surface area contributed by atoms with Crippen LogP contribution in [0.4, 0.5) is 16.4 Å². The molecule has 0 atom stereocenters. The maximum absolute atomic E-state index is 13.4. The number of piperidine rings is 1. The molecular formula is C30H32N8O4S. The molecule has 13 heteroatoms. The summed E-state index contributed by atoms with van der Waals surface area (Å²) in [5.74, 6) is 1.21. The van der Waals surface area contributed by atoms with Crippen molar-refractivity contribution >= 4 is 50.3 Å². The van der Waals surface area contributed by atoms with Crippen LogP contribution >= 0.6 is 11.3 Å². The third-order valence-corrected chi connectivity index (χ3v) is 7.68. The van der Waals surface area contributed by atoms with Crippen molar-refractivity contribution in [2.24, 2.45) is 0 Å². The number of anilines is 2. The number of benzene rings is 1. The normalized spacial score (nSPS) is 14.3. The van der Waals surface area contributed by atoms with E-state index in [0.717, 1.165) is 15.9 Å². The SMILES string of the molecule is C=CCn1c(=O)c2cnc(Nc3ccc4scnc4c3)nc2n1-c1cccc(OC2CCN(C(=O)OC(C)(C)C)CC2)n1. The number of fused-ring (bicyclic) bond motifs is 2. The monoisotopic (exact) mass is 600 g/mol. The number of amides is 1. The molecule has 0 bridgehead atoms. The lowest BCUT2D eigenvalue weighted by Gasteiger charge is -2.33. The molecule has 12 nitrogen and oxygen atoms in total. The molecule has 43 heavy (non-hydrogen) atoms. The fourth-order valence-corrected chi connectivity index (χ4v) is 5.57. The topological polar surface area (TPSA) is 129 Å². The molecule has 0 spiro atoms. The fraction of sp³-hybridized carbons (Fsp3) is 0.333. The summed E-state index contributed by atoms with van der Waals surface area (Å²) >= 11 is 1.57. The molecule has 0 aliphatic carbocycles. The van der Waals surface area contributed by atoms with Gasteiger partial charge in [0.1, 0.15) is 17.1 Å². The van der Waals surface area contributed by atoms with Crippen molar-refractivity contribution in [3.8, 4) is 11.7 Å². The molecule has 1 aliphatic rings. The summed E-state index contributed by atoms with van der Waals surface area (Å²) in [5.41, 5.74) is 3.06. The van der Waals surface area contributed by atoms with E-state index < -0.39 is 5.60 Å². The van der Waals surface area contributed by atoms with Crippen LogP contribution in [0.3, 0.4) is 0 Å². The van der Waals surface area contributed by atoms with Gasteiger partial charge in [0, 0.05) is 43.9 Å². The minimum absolute atomic E-state index is 0.119. The molecule has 1 N–H and O–H groups in total. The molecule has 1 fully saturated rings.